The van der Waals surface area contributed by atoms with Crippen LogP contribution in [0.4, 0.5) is 5.82 Å². The molecular formula is C16H22N8O. The Morgan fingerprint density at radius 1 is 1.28 bits per heavy atom. The molecule has 0 bridgehead atoms. The second-order valence-corrected chi connectivity index (χ2v) is 6.44. The van der Waals surface area contributed by atoms with Crippen LogP contribution in [0, 0.1) is 0 Å². The van der Waals surface area contributed by atoms with Crippen LogP contribution in [0.2, 0.25) is 0 Å². The van der Waals surface area contributed by atoms with E-state index in [1.807, 2.05) is 11.6 Å². The molecule has 0 aliphatic heterocycles. The summed E-state index contributed by atoms with van der Waals surface area (Å²) in [5.74, 6) is 1.56. The van der Waals surface area contributed by atoms with Crippen LogP contribution in [0.3, 0.4) is 0 Å². The number of hydrogen-bond acceptors (Lipinski definition) is 7. The zero-order chi connectivity index (χ0) is 17.2. The van der Waals surface area contributed by atoms with Gasteiger partial charge in [0.05, 0.1) is 17.8 Å². The van der Waals surface area contributed by atoms with Crippen LogP contribution >= 0.6 is 0 Å². The van der Waals surface area contributed by atoms with Crippen LogP contribution in [0.25, 0.3) is 11.4 Å². The van der Waals surface area contributed by atoms with Gasteiger partial charge in [0.1, 0.15) is 24.5 Å². The predicted octanol–water partition coefficient (Wildman–Crippen LogP) is 2.61. The zero-order valence-corrected chi connectivity index (χ0v) is 14.2. The van der Waals surface area contributed by atoms with Crippen molar-refractivity contribution in [3.05, 3.63) is 24.7 Å². The molecule has 3 aromatic heterocycles. The maximum absolute atomic E-state index is 6.33. The third-order valence-corrected chi connectivity index (χ3v) is 4.86. The number of nitrogen functional groups attached to an aromatic ring is 1. The first-order chi connectivity index (χ1) is 12.3. The molecule has 0 radical (unpaired) electrons. The van der Waals surface area contributed by atoms with E-state index in [2.05, 4.69) is 25.3 Å². The molecular weight excluding hydrogens is 320 g/mol. The second-order valence-electron chi connectivity index (χ2n) is 6.44. The highest BCUT2D eigenvalue weighted by Gasteiger charge is 2.24. The fourth-order valence-corrected chi connectivity index (χ4v) is 3.49. The van der Waals surface area contributed by atoms with Gasteiger partial charge in [-0.1, -0.05) is 31.3 Å². The zero-order valence-electron chi connectivity index (χ0n) is 14.2. The summed E-state index contributed by atoms with van der Waals surface area (Å²) in [4.78, 5) is 8.51. The van der Waals surface area contributed by atoms with Crippen molar-refractivity contribution in [2.45, 2.75) is 57.5 Å². The van der Waals surface area contributed by atoms with E-state index >= 15 is 0 Å². The standard InChI is InChI=1S/C16H22N8O/c1-2-13(23-10-18-9-20-23)16-21-15(22-25-16)12-8-19-24(14(12)17)11-6-4-3-5-7-11/h8-11,13H,2-7,17H2,1H3. The molecule has 0 amide bonds. The van der Waals surface area contributed by atoms with Gasteiger partial charge in [0.15, 0.2) is 0 Å². The monoisotopic (exact) mass is 342 g/mol. The number of rotatable bonds is 5. The van der Waals surface area contributed by atoms with Crippen LogP contribution in [0.5, 0.6) is 0 Å². The molecule has 1 aliphatic carbocycles. The van der Waals surface area contributed by atoms with Gasteiger partial charge in [0.2, 0.25) is 5.82 Å². The Hall–Kier alpha value is -2.71. The van der Waals surface area contributed by atoms with Crippen LogP contribution in [0.1, 0.15) is 63.4 Å². The highest BCUT2D eigenvalue weighted by Crippen LogP contribution is 2.33. The first-order valence-corrected chi connectivity index (χ1v) is 8.79. The lowest BCUT2D eigenvalue weighted by atomic mass is 9.96. The van der Waals surface area contributed by atoms with E-state index < -0.39 is 0 Å². The minimum Gasteiger partial charge on any atom is -0.383 e. The summed E-state index contributed by atoms with van der Waals surface area (Å²) < 4.78 is 9.09. The summed E-state index contributed by atoms with van der Waals surface area (Å²) in [5, 5.41) is 12.8. The molecule has 0 spiro atoms. The first-order valence-electron chi connectivity index (χ1n) is 8.79. The van der Waals surface area contributed by atoms with Gasteiger partial charge in [0.25, 0.3) is 5.89 Å². The highest BCUT2D eigenvalue weighted by molar-refractivity contribution is 5.67. The van der Waals surface area contributed by atoms with Gasteiger partial charge in [-0.15, -0.1) is 0 Å². The minimum absolute atomic E-state index is 0.140. The van der Waals surface area contributed by atoms with Gasteiger partial charge < -0.3 is 10.3 Å². The van der Waals surface area contributed by atoms with Crippen molar-refractivity contribution in [2.75, 3.05) is 5.73 Å². The number of nitrogens with two attached hydrogens (primary N) is 1. The van der Waals surface area contributed by atoms with Crippen LogP contribution < -0.4 is 5.73 Å². The predicted molar refractivity (Wildman–Crippen MR) is 90.5 cm³/mol. The van der Waals surface area contributed by atoms with Gasteiger partial charge >= 0.3 is 0 Å². The number of anilines is 1. The van der Waals surface area contributed by atoms with E-state index in [9.17, 15) is 0 Å². The molecule has 1 unspecified atom stereocenters. The molecule has 4 rings (SSSR count). The molecule has 132 valence electrons. The Morgan fingerprint density at radius 2 is 2.12 bits per heavy atom. The topological polar surface area (TPSA) is 113 Å². The normalized spacial score (nSPS) is 17.0. The van der Waals surface area contributed by atoms with Crippen LogP contribution in [-0.4, -0.2) is 34.7 Å². The fourth-order valence-electron chi connectivity index (χ4n) is 3.49. The van der Waals surface area contributed by atoms with E-state index in [4.69, 9.17) is 10.3 Å². The van der Waals surface area contributed by atoms with Crippen LogP contribution in [0.15, 0.2) is 23.4 Å². The van der Waals surface area contributed by atoms with Gasteiger partial charge in [-0.2, -0.15) is 15.2 Å². The van der Waals surface area contributed by atoms with Gasteiger partial charge in [-0.05, 0) is 19.3 Å². The lowest BCUT2D eigenvalue weighted by molar-refractivity contribution is 0.321. The molecule has 3 heterocycles. The van der Waals surface area contributed by atoms with Crippen molar-refractivity contribution in [1.29, 1.82) is 0 Å². The smallest absolute Gasteiger partial charge is 0.251 e. The fraction of sp³-hybridized carbons (Fsp3) is 0.562. The third-order valence-electron chi connectivity index (χ3n) is 4.86. The molecule has 0 aromatic carbocycles. The van der Waals surface area contributed by atoms with Gasteiger partial charge in [-0.3, -0.25) is 0 Å². The number of aromatic nitrogens is 7. The summed E-state index contributed by atoms with van der Waals surface area (Å²) in [5.41, 5.74) is 7.05. The maximum atomic E-state index is 6.33. The molecule has 3 aromatic rings. The summed E-state index contributed by atoms with van der Waals surface area (Å²) in [6.07, 6.45) is 11.6. The van der Waals surface area contributed by atoms with E-state index in [1.54, 1.807) is 17.2 Å². The van der Waals surface area contributed by atoms with Crippen molar-refractivity contribution in [3.8, 4) is 11.4 Å². The molecule has 25 heavy (non-hydrogen) atoms. The Bertz CT molecular complexity index is 815. The molecule has 9 nitrogen and oxygen atoms in total. The SMILES string of the molecule is CCC(c1nc(-c2cnn(C3CCCCC3)c2N)no1)n1cncn1. The molecule has 9 heteroatoms. The van der Waals surface area contributed by atoms with E-state index in [1.165, 1.54) is 25.6 Å². The maximum Gasteiger partial charge on any atom is 0.251 e. The molecule has 1 saturated carbocycles. The van der Waals surface area contributed by atoms with Crippen molar-refractivity contribution in [3.63, 3.8) is 0 Å². The Morgan fingerprint density at radius 3 is 2.84 bits per heavy atom. The number of hydrogen-bond donors (Lipinski definition) is 1. The third kappa shape index (κ3) is 2.90. The number of nitrogens with zero attached hydrogens (tertiary/aromatic N) is 7. The quantitative estimate of drug-likeness (QED) is 0.758. The molecule has 2 N–H and O–H groups in total. The lowest BCUT2D eigenvalue weighted by Crippen LogP contribution is -2.16. The molecule has 1 fully saturated rings. The average molecular weight is 342 g/mol. The van der Waals surface area contributed by atoms with Gasteiger partial charge in [0, 0.05) is 0 Å². The molecule has 1 aliphatic rings. The largest absolute Gasteiger partial charge is 0.383 e. The Kier molecular flexibility index (Phi) is 4.21. The summed E-state index contributed by atoms with van der Waals surface area (Å²) >= 11 is 0. The van der Waals surface area contributed by atoms with Crippen molar-refractivity contribution >= 4 is 5.82 Å². The Labute approximate surface area is 145 Å². The minimum atomic E-state index is -0.140. The van der Waals surface area contributed by atoms with Crippen molar-refractivity contribution in [2.24, 2.45) is 0 Å². The van der Waals surface area contributed by atoms with Crippen molar-refractivity contribution < 1.29 is 4.52 Å². The highest BCUT2D eigenvalue weighted by atomic mass is 16.5. The van der Waals surface area contributed by atoms with E-state index in [0.29, 0.717) is 29.1 Å². The van der Waals surface area contributed by atoms with Crippen LogP contribution in [-0.2, 0) is 0 Å². The lowest BCUT2D eigenvalue weighted by Gasteiger charge is -2.22. The van der Waals surface area contributed by atoms with Crippen molar-refractivity contribution in [1.82, 2.24) is 34.7 Å². The summed E-state index contributed by atoms with van der Waals surface area (Å²) in [6, 6.07) is 0.228. The molecule has 0 saturated heterocycles. The van der Waals surface area contributed by atoms with E-state index in [0.717, 1.165) is 19.3 Å². The van der Waals surface area contributed by atoms with Gasteiger partial charge in [-0.25, -0.2) is 14.3 Å². The second kappa shape index (κ2) is 6.66. The average Bonchev–Trinajstić information content (AvgIpc) is 3.38. The summed E-state index contributed by atoms with van der Waals surface area (Å²) in [7, 11) is 0. The van der Waals surface area contributed by atoms with E-state index in [-0.39, 0.29) is 6.04 Å². The Balaban J connectivity index is 1.61. The first kappa shape index (κ1) is 15.8. The summed E-state index contributed by atoms with van der Waals surface area (Å²) in [6.45, 7) is 2.03. The molecule has 1 atom stereocenters.